The van der Waals surface area contributed by atoms with Gasteiger partial charge in [0.25, 0.3) is 0 Å². The third-order valence-corrected chi connectivity index (χ3v) is 2.23. The summed E-state index contributed by atoms with van der Waals surface area (Å²) in [5, 5.41) is 9.10. The van der Waals surface area contributed by atoms with Gasteiger partial charge in [-0.25, -0.2) is 4.98 Å². The summed E-state index contributed by atoms with van der Waals surface area (Å²) in [6, 6.07) is 2.02. The number of nitriles is 1. The summed E-state index contributed by atoms with van der Waals surface area (Å²) in [5.41, 5.74) is 0. The molecule has 0 aliphatic heterocycles. The van der Waals surface area contributed by atoms with Crippen molar-refractivity contribution in [3.63, 3.8) is 0 Å². The zero-order valence-electron chi connectivity index (χ0n) is 4.47. The lowest BCUT2D eigenvalue weighted by molar-refractivity contribution is 1.19. The van der Waals surface area contributed by atoms with E-state index in [2.05, 4.69) is 20.9 Å². The maximum atomic E-state index is 8.23. The largest absolute Gasteiger partial charge is 0.247 e. The van der Waals surface area contributed by atoms with Crippen LogP contribution in [0.3, 0.4) is 0 Å². The minimum atomic E-state index is 0.413. The molecule has 9 heavy (non-hydrogen) atoms. The van der Waals surface area contributed by atoms with Gasteiger partial charge in [-0.3, -0.25) is 0 Å². The van der Waals surface area contributed by atoms with E-state index < -0.39 is 0 Å². The summed E-state index contributed by atoms with van der Waals surface area (Å²) in [6.45, 7) is 0. The first kappa shape index (κ1) is 6.72. The molecule has 0 atom stereocenters. The van der Waals surface area contributed by atoms with Crippen LogP contribution in [0.15, 0.2) is 9.98 Å². The molecule has 1 heterocycles. The Morgan fingerprint density at radius 3 is 3.11 bits per heavy atom. The van der Waals surface area contributed by atoms with Gasteiger partial charge >= 0.3 is 0 Å². The number of thiazole rings is 1. The molecule has 0 amide bonds. The van der Waals surface area contributed by atoms with E-state index in [1.165, 1.54) is 11.3 Å². The van der Waals surface area contributed by atoms with Crippen molar-refractivity contribution in [2.75, 3.05) is 0 Å². The van der Waals surface area contributed by atoms with E-state index in [4.69, 9.17) is 5.26 Å². The van der Waals surface area contributed by atoms with Gasteiger partial charge in [-0.2, -0.15) is 5.26 Å². The van der Waals surface area contributed by atoms with Crippen molar-refractivity contribution in [1.82, 2.24) is 4.98 Å². The molecule has 0 bridgehead atoms. The lowest BCUT2D eigenvalue weighted by Crippen LogP contribution is -1.74. The van der Waals surface area contributed by atoms with Crippen molar-refractivity contribution >= 4 is 27.3 Å². The highest BCUT2D eigenvalue weighted by molar-refractivity contribution is 9.11. The Morgan fingerprint density at radius 1 is 1.89 bits per heavy atom. The van der Waals surface area contributed by atoms with Crippen LogP contribution in [-0.4, -0.2) is 4.98 Å². The third kappa shape index (κ3) is 1.77. The maximum absolute atomic E-state index is 8.23. The van der Waals surface area contributed by atoms with E-state index in [9.17, 15) is 0 Å². The zero-order valence-corrected chi connectivity index (χ0v) is 6.87. The van der Waals surface area contributed by atoms with E-state index in [0.717, 1.165) is 8.79 Å². The molecule has 0 spiro atoms. The van der Waals surface area contributed by atoms with Crippen molar-refractivity contribution in [2.45, 2.75) is 6.42 Å². The number of hydrogen-bond acceptors (Lipinski definition) is 3. The smallest absolute Gasteiger partial charge is 0.108 e. The summed E-state index contributed by atoms with van der Waals surface area (Å²) in [7, 11) is 0. The normalized spacial score (nSPS) is 8.89. The molecular formula is C5H3BrN2S. The standard InChI is InChI=1S/C5H3BrN2S/c6-4-3-8-5(9-4)1-2-7/h3H,1H2. The van der Waals surface area contributed by atoms with E-state index in [1.54, 1.807) is 6.20 Å². The summed E-state index contributed by atoms with van der Waals surface area (Å²) in [4.78, 5) is 3.95. The molecule has 1 aromatic rings. The number of rotatable bonds is 1. The van der Waals surface area contributed by atoms with Crippen molar-refractivity contribution < 1.29 is 0 Å². The second kappa shape index (κ2) is 2.95. The van der Waals surface area contributed by atoms with Gasteiger partial charge in [-0.1, -0.05) is 0 Å². The van der Waals surface area contributed by atoms with Gasteiger partial charge < -0.3 is 0 Å². The van der Waals surface area contributed by atoms with Crippen LogP contribution >= 0.6 is 27.3 Å². The van der Waals surface area contributed by atoms with Crippen LogP contribution in [0.25, 0.3) is 0 Å². The molecule has 0 saturated heterocycles. The van der Waals surface area contributed by atoms with Gasteiger partial charge in [0.15, 0.2) is 0 Å². The molecule has 2 nitrogen and oxygen atoms in total. The summed E-state index contributed by atoms with van der Waals surface area (Å²) < 4.78 is 0.979. The van der Waals surface area contributed by atoms with Crippen LogP contribution in [-0.2, 0) is 6.42 Å². The number of nitrogens with zero attached hydrogens (tertiary/aromatic N) is 2. The molecule has 0 N–H and O–H groups in total. The number of aromatic nitrogens is 1. The Labute approximate surface area is 65.3 Å². The van der Waals surface area contributed by atoms with Crippen LogP contribution in [0, 0.1) is 11.3 Å². The zero-order chi connectivity index (χ0) is 6.69. The SMILES string of the molecule is N#CCc1ncc(Br)s1. The van der Waals surface area contributed by atoms with Gasteiger partial charge in [0.1, 0.15) is 5.01 Å². The van der Waals surface area contributed by atoms with E-state index in [-0.39, 0.29) is 0 Å². The second-order valence-corrected chi connectivity index (χ2v) is 3.89. The molecule has 0 aromatic carbocycles. The highest BCUT2D eigenvalue weighted by Gasteiger charge is 1.95. The summed E-state index contributed by atoms with van der Waals surface area (Å²) in [6.07, 6.45) is 2.12. The lowest BCUT2D eigenvalue weighted by Gasteiger charge is -1.75. The molecule has 1 aromatic heterocycles. The van der Waals surface area contributed by atoms with Gasteiger partial charge in [0.2, 0.25) is 0 Å². The quantitative estimate of drug-likeness (QED) is 0.699. The van der Waals surface area contributed by atoms with Crippen LogP contribution in [0.4, 0.5) is 0 Å². The lowest BCUT2D eigenvalue weighted by atomic mass is 10.5. The fraction of sp³-hybridized carbons (Fsp3) is 0.200. The molecule has 0 radical (unpaired) electrons. The molecular weight excluding hydrogens is 200 g/mol. The highest BCUT2D eigenvalue weighted by atomic mass is 79.9. The van der Waals surface area contributed by atoms with Gasteiger partial charge in [0, 0.05) is 0 Å². The molecule has 0 aliphatic rings. The van der Waals surface area contributed by atoms with E-state index in [0.29, 0.717) is 6.42 Å². The van der Waals surface area contributed by atoms with Crippen LogP contribution in [0.5, 0.6) is 0 Å². The first-order valence-electron chi connectivity index (χ1n) is 2.30. The Kier molecular flexibility index (Phi) is 2.20. The van der Waals surface area contributed by atoms with Crippen LogP contribution in [0.2, 0.25) is 0 Å². The summed E-state index contributed by atoms with van der Waals surface area (Å²) >= 11 is 4.74. The minimum Gasteiger partial charge on any atom is -0.247 e. The predicted molar refractivity (Wildman–Crippen MR) is 39.1 cm³/mol. The number of halogens is 1. The fourth-order valence-corrected chi connectivity index (χ4v) is 1.67. The minimum absolute atomic E-state index is 0.413. The molecule has 0 fully saturated rings. The molecule has 46 valence electrons. The van der Waals surface area contributed by atoms with Crippen LogP contribution in [0.1, 0.15) is 5.01 Å². The van der Waals surface area contributed by atoms with Crippen molar-refractivity contribution in [2.24, 2.45) is 0 Å². The molecule has 0 aliphatic carbocycles. The van der Waals surface area contributed by atoms with Gasteiger partial charge in [-0.15, -0.1) is 11.3 Å². The second-order valence-electron chi connectivity index (χ2n) is 1.39. The first-order chi connectivity index (χ1) is 4.33. The van der Waals surface area contributed by atoms with Gasteiger partial charge in [0.05, 0.1) is 22.5 Å². The Balaban J connectivity index is 2.76. The van der Waals surface area contributed by atoms with E-state index >= 15 is 0 Å². The monoisotopic (exact) mass is 202 g/mol. The Bertz CT molecular complexity index is 237. The fourth-order valence-electron chi connectivity index (χ4n) is 0.437. The summed E-state index contributed by atoms with van der Waals surface area (Å²) in [5.74, 6) is 0. The van der Waals surface area contributed by atoms with Crippen molar-refractivity contribution in [3.8, 4) is 6.07 Å². The number of hydrogen-bond donors (Lipinski definition) is 0. The molecule has 1 rings (SSSR count). The Morgan fingerprint density at radius 2 is 2.67 bits per heavy atom. The highest BCUT2D eigenvalue weighted by Crippen LogP contribution is 2.18. The molecule has 0 unspecified atom stereocenters. The predicted octanol–water partition coefficient (Wildman–Crippen LogP) is 1.97. The molecule has 0 saturated carbocycles. The van der Waals surface area contributed by atoms with Crippen molar-refractivity contribution in [1.29, 1.82) is 5.26 Å². The van der Waals surface area contributed by atoms with Crippen molar-refractivity contribution in [3.05, 3.63) is 15.0 Å². The van der Waals surface area contributed by atoms with Gasteiger partial charge in [-0.05, 0) is 15.9 Å². The van der Waals surface area contributed by atoms with Crippen LogP contribution < -0.4 is 0 Å². The van der Waals surface area contributed by atoms with E-state index in [1.807, 2.05) is 6.07 Å². The average Bonchev–Trinajstić information content (AvgIpc) is 2.17. The molecule has 4 heteroatoms. The topological polar surface area (TPSA) is 36.7 Å². The maximum Gasteiger partial charge on any atom is 0.108 e. The average molecular weight is 203 g/mol. The first-order valence-corrected chi connectivity index (χ1v) is 3.91. The third-order valence-electron chi connectivity index (χ3n) is 0.756. The Hall–Kier alpha value is -0.400.